The molecule has 0 radical (unpaired) electrons. The van der Waals surface area contributed by atoms with Crippen molar-refractivity contribution in [3.8, 4) is 5.75 Å². The number of rotatable bonds is 2. The molecule has 2 aromatic rings. The van der Waals surface area contributed by atoms with Crippen molar-refractivity contribution in [2.45, 2.75) is 6.92 Å². The van der Waals surface area contributed by atoms with E-state index in [0.717, 1.165) is 0 Å². The lowest BCUT2D eigenvalue weighted by Crippen LogP contribution is -2.14. The van der Waals surface area contributed by atoms with E-state index in [4.69, 9.17) is 0 Å². The molecule has 1 aromatic heterocycles. The molecule has 6 heteroatoms. The van der Waals surface area contributed by atoms with Gasteiger partial charge in [0, 0.05) is 11.1 Å². The minimum absolute atomic E-state index is 0.0882. The molecule has 82 valence electrons. The summed E-state index contributed by atoms with van der Waals surface area (Å²) < 4.78 is 0. The summed E-state index contributed by atoms with van der Waals surface area (Å²) in [5.41, 5.74) is 0.927. The second-order valence-corrected chi connectivity index (χ2v) is 3.24. The first-order chi connectivity index (χ1) is 7.68. The number of phenolic OH excluding ortho intramolecular Hbond substituents is 1. The monoisotopic (exact) mass is 218 g/mol. The number of aromatic nitrogens is 3. The molecule has 6 nitrogen and oxygen atoms in total. The lowest BCUT2D eigenvalue weighted by molar-refractivity contribution is 0.102. The van der Waals surface area contributed by atoms with E-state index in [2.05, 4.69) is 20.5 Å². The van der Waals surface area contributed by atoms with E-state index < -0.39 is 0 Å². The Bertz CT molecular complexity index is 508. The predicted molar refractivity (Wildman–Crippen MR) is 57.2 cm³/mol. The van der Waals surface area contributed by atoms with E-state index in [0.29, 0.717) is 11.1 Å². The van der Waals surface area contributed by atoms with Gasteiger partial charge in [0.15, 0.2) is 0 Å². The third kappa shape index (κ3) is 1.85. The number of nitrogens with zero attached hydrogens (tertiary/aromatic N) is 2. The van der Waals surface area contributed by atoms with Crippen molar-refractivity contribution in [3.63, 3.8) is 0 Å². The van der Waals surface area contributed by atoms with Crippen molar-refractivity contribution in [2.75, 3.05) is 5.32 Å². The summed E-state index contributed by atoms with van der Waals surface area (Å²) in [6.45, 7) is 1.67. The molecule has 0 saturated carbocycles. The van der Waals surface area contributed by atoms with Crippen LogP contribution >= 0.6 is 0 Å². The van der Waals surface area contributed by atoms with E-state index >= 15 is 0 Å². The molecular formula is C10H10N4O2. The Hall–Kier alpha value is -2.37. The Labute approximate surface area is 91.3 Å². The maximum absolute atomic E-state index is 11.8. The number of H-pyrrole nitrogens is 1. The zero-order valence-electron chi connectivity index (χ0n) is 8.56. The van der Waals surface area contributed by atoms with E-state index in [1.807, 2.05) is 0 Å². The molecule has 2 rings (SSSR count). The molecular weight excluding hydrogens is 208 g/mol. The minimum Gasteiger partial charge on any atom is -0.508 e. The third-order valence-corrected chi connectivity index (χ3v) is 2.20. The molecule has 0 aliphatic heterocycles. The van der Waals surface area contributed by atoms with Crippen LogP contribution in [0.1, 0.15) is 15.9 Å². The van der Waals surface area contributed by atoms with Crippen LogP contribution in [0.15, 0.2) is 24.5 Å². The number of hydrogen-bond donors (Lipinski definition) is 3. The summed E-state index contributed by atoms with van der Waals surface area (Å²) in [6.07, 6.45) is 1.30. The van der Waals surface area contributed by atoms with E-state index in [1.54, 1.807) is 19.1 Å². The molecule has 0 atom stereocenters. The summed E-state index contributed by atoms with van der Waals surface area (Å²) in [4.78, 5) is 15.5. The fourth-order valence-corrected chi connectivity index (χ4v) is 1.31. The van der Waals surface area contributed by atoms with E-state index in [9.17, 15) is 9.90 Å². The van der Waals surface area contributed by atoms with Gasteiger partial charge in [-0.05, 0) is 19.1 Å². The van der Waals surface area contributed by atoms with Gasteiger partial charge in [0.1, 0.15) is 12.1 Å². The molecule has 0 bridgehead atoms. The molecule has 1 amide bonds. The highest BCUT2D eigenvalue weighted by atomic mass is 16.3. The van der Waals surface area contributed by atoms with Crippen LogP contribution in [0.5, 0.6) is 5.75 Å². The van der Waals surface area contributed by atoms with Gasteiger partial charge in [-0.1, -0.05) is 6.07 Å². The SMILES string of the molecule is Cc1c(O)cccc1C(=O)Nc1ncn[nH]1. The first-order valence-electron chi connectivity index (χ1n) is 4.64. The van der Waals surface area contributed by atoms with Gasteiger partial charge < -0.3 is 5.11 Å². The summed E-state index contributed by atoms with van der Waals surface area (Å²) in [7, 11) is 0. The van der Waals surface area contributed by atoms with Gasteiger partial charge in [0.25, 0.3) is 5.91 Å². The first-order valence-corrected chi connectivity index (χ1v) is 4.64. The van der Waals surface area contributed by atoms with Crippen molar-refractivity contribution in [1.82, 2.24) is 15.2 Å². The van der Waals surface area contributed by atoms with Crippen molar-refractivity contribution >= 4 is 11.9 Å². The molecule has 16 heavy (non-hydrogen) atoms. The lowest BCUT2D eigenvalue weighted by atomic mass is 10.1. The second kappa shape index (κ2) is 4.01. The maximum atomic E-state index is 11.8. The van der Waals surface area contributed by atoms with Gasteiger partial charge in [-0.2, -0.15) is 10.1 Å². The highest BCUT2D eigenvalue weighted by Crippen LogP contribution is 2.19. The van der Waals surface area contributed by atoms with Crippen LogP contribution in [0.3, 0.4) is 0 Å². The summed E-state index contributed by atoms with van der Waals surface area (Å²) in [5, 5.41) is 18.1. The Kier molecular flexibility index (Phi) is 2.55. The normalized spacial score (nSPS) is 10.1. The summed E-state index contributed by atoms with van der Waals surface area (Å²) >= 11 is 0. The zero-order valence-corrected chi connectivity index (χ0v) is 8.56. The number of benzene rings is 1. The lowest BCUT2D eigenvalue weighted by Gasteiger charge is -2.06. The third-order valence-electron chi connectivity index (χ3n) is 2.20. The quantitative estimate of drug-likeness (QED) is 0.703. The molecule has 0 spiro atoms. The minimum atomic E-state index is -0.342. The second-order valence-electron chi connectivity index (χ2n) is 3.24. The Morgan fingerprint density at radius 1 is 1.50 bits per heavy atom. The van der Waals surface area contributed by atoms with E-state index in [1.165, 1.54) is 12.4 Å². The predicted octanol–water partition coefficient (Wildman–Crippen LogP) is 1.07. The fraction of sp³-hybridized carbons (Fsp3) is 0.100. The Morgan fingerprint density at radius 3 is 3.00 bits per heavy atom. The van der Waals surface area contributed by atoms with Gasteiger partial charge in [0.05, 0.1) is 0 Å². The number of amides is 1. The Balaban J connectivity index is 2.24. The summed E-state index contributed by atoms with van der Waals surface area (Å²) in [6, 6.07) is 4.76. The summed E-state index contributed by atoms with van der Waals surface area (Å²) in [5.74, 6) is 0.0168. The number of phenols is 1. The molecule has 0 aliphatic rings. The highest BCUT2D eigenvalue weighted by molar-refractivity contribution is 6.04. The molecule has 0 aliphatic carbocycles. The average Bonchev–Trinajstić information content (AvgIpc) is 2.74. The highest BCUT2D eigenvalue weighted by Gasteiger charge is 2.12. The van der Waals surface area contributed by atoms with Gasteiger partial charge in [-0.15, -0.1) is 0 Å². The molecule has 1 heterocycles. The van der Waals surface area contributed by atoms with Crippen molar-refractivity contribution in [1.29, 1.82) is 0 Å². The fourth-order valence-electron chi connectivity index (χ4n) is 1.31. The zero-order chi connectivity index (χ0) is 11.5. The van der Waals surface area contributed by atoms with Crippen LogP contribution in [-0.2, 0) is 0 Å². The number of carbonyl (C=O) groups excluding carboxylic acids is 1. The number of hydrogen-bond acceptors (Lipinski definition) is 4. The number of nitrogens with one attached hydrogen (secondary N) is 2. The van der Waals surface area contributed by atoms with Crippen LogP contribution in [0.4, 0.5) is 5.95 Å². The van der Waals surface area contributed by atoms with Gasteiger partial charge in [-0.25, -0.2) is 5.10 Å². The number of aromatic hydroxyl groups is 1. The number of anilines is 1. The molecule has 0 unspecified atom stereocenters. The average molecular weight is 218 g/mol. The van der Waals surface area contributed by atoms with Gasteiger partial charge in [-0.3, -0.25) is 10.1 Å². The molecule has 3 N–H and O–H groups in total. The molecule has 0 saturated heterocycles. The van der Waals surface area contributed by atoms with Crippen LogP contribution in [0.2, 0.25) is 0 Å². The number of aromatic amines is 1. The Morgan fingerprint density at radius 2 is 2.31 bits per heavy atom. The number of carbonyl (C=O) groups is 1. The van der Waals surface area contributed by atoms with E-state index in [-0.39, 0.29) is 17.6 Å². The van der Waals surface area contributed by atoms with Gasteiger partial charge in [0.2, 0.25) is 5.95 Å². The van der Waals surface area contributed by atoms with Crippen molar-refractivity contribution in [2.24, 2.45) is 0 Å². The maximum Gasteiger partial charge on any atom is 0.258 e. The van der Waals surface area contributed by atoms with Crippen LogP contribution in [0.25, 0.3) is 0 Å². The van der Waals surface area contributed by atoms with Gasteiger partial charge >= 0.3 is 0 Å². The van der Waals surface area contributed by atoms with Crippen molar-refractivity contribution < 1.29 is 9.90 Å². The largest absolute Gasteiger partial charge is 0.508 e. The smallest absolute Gasteiger partial charge is 0.258 e. The molecule has 1 aromatic carbocycles. The topological polar surface area (TPSA) is 90.9 Å². The standard InChI is InChI=1S/C10H10N4O2/c1-6-7(3-2-4-8(6)15)9(16)13-10-11-5-12-14-10/h2-5,15H,1H3,(H2,11,12,13,14,16). The molecule has 0 fully saturated rings. The van der Waals surface area contributed by atoms with Crippen LogP contribution < -0.4 is 5.32 Å². The first kappa shape index (κ1) is 10.2. The van der Waals surface area contributed by atoms with Crippen molar-refractivity contribution in [3.05, 3.63) is 35.7 Å². The van der Waals surface area contributed by atoms with Crippen LogP contribution in [0, 0.1) is 6.92 Å². The van der Waals surface area contributed by atoms with Crippen LogP contribution in [-0.4, -0.2) is 26.2 Å².